The third kappa shape index (κ3) is 2.62. The van der Waals surface area contributed by atoms with Gasteiger partial charge in [0.1, 0.15) is 12.4 Å². The lowest BCUT2D eigenvalue weighted by atomic mass is 10.4. The van der Waals surface area contributed by atoms with Crippen molar-refractivity contribution >= 4 is 17.5 Å². The van der Waals surface area contributed by atoms with Crippen molar-refractivity contribution in [3.05, 3.63) is 18.3 Å². The first-order valence-electron chi connectivity index (χ1n) is 3.74. The minimum atomic E-state index is -0.888. The molecule has 1 rings (SSSR count). The highest BCUT2D eigenvalue weighted by Gasteiger charge is 2.05. The molecule has 0 aliphatic carbocycles. The molecule has 70 valence electrons. The number of nitrogen functional groups attached to an aromatic ring is 1. The van der Waals surface area contributed by atoms with E-state index in [1.165, 1.54) is 11.1 Å². The van der Waals surface area contributed by atoms with Gasteiger partial charge in [0.2, 0.25) is 0 Å². The van der Waals surface area contributed by atoms with Gasteiger partial charge >= 0.3 is 5.97 Å². The van der Waals surface area contributed by atoms with Gasteiger partial charge in [-0.2, -0.15) is 0 Å². The van der Waals surface area contributed by atoms with Gasteiger partial charge < -0.3 is 15.7 Å². The number of likely N-dealkylation sites (N-methyl/N-ethyl adjacent to an activating group) is 1. The van der Waals surface area contributed by atoms with Crippen LogP contribution >= 0.6 is 0 Å². The minimum Gasteiger partial charge on any atom is -0.480 e. The molecule has 1 aromatic rings. The van der Waals surface area contributed by atoms with E-state index in [2.05, 4.69) is 4.98 Å². The maximum absolute atomic E-state index is 10.4. The lowest BCUT2D eigenvalue weighted by Crippen LogP contribution is -2.25. The maximum atomic E-state index is 10.4. The number of nitrogens with two attached hydrogens (primary N) is 1. The van der Waals surface area contributed by atoms with Crippen LogP contribution in [-0.2, 0) is 4.79 Å². The molecular weight excluding hydrogens is 170 g/mol. The molecule has 5 heteroatoms. The van der Waals surface area contributed by atoms with Gasteiger partial charge in [-0.05, 0) is 12.1 Å². The highest BCUT2D eigenvalue weighted by Crippen LogP contribution is 2.09. The third-order valence-electron chi connectivity index (χ3n) is 1.53. The summed E-state index contributed by atoms with van der Waals surface area (Å²) in [5.74, 6) is -0.294. The number of hydrogen-bond donors (Lipinski definition) is 2. The summed E-state index contributed by atoms with van der Waals surface area (Å²) >= 11 is 0. The fourth-order valence-corrected chi connectivity index (χ4v) is 0.907. The Morgan fingerprint density at radius 1 is 1.69 bits per heavy atom. The number of hydrogen-bond acceptors (Lipinski definition) is 4. The molecule has 1 aromatic heterocycles. The molecular formula is C8H11N3O2. The molecule has 0 saturated heterocycles. The first kappa shape index (κ1) is 9.31. The average Bonchev–Trinajstić information content (AvgIpc) is 2.04. The lowest BCUT2D eigenvalue weighted by molar-refractivity contribution is -0.135. The van der Waals surface area contributed by atoms with E-state index in [-0.39, 0.29) is 6.54 Å². The molecule has 0 aliphatic rings. The van der Waals surface area contributed by atoms with E-state index in [1.807, 2.05) is 0 Å². The zero-order valence-corrected chi connectivity index (χ0v) is 7.27. The number of pyridine rings is 1. The number of carbonyl (C=O) groups is 1. The maximum Gasteiger partial charge on any atom is 0.323 e. The topological polar surface area (TPSA) is 79.5 Å². The fraction of sp³-hybridized carbons (Fsp3) is 0.250. The van der Waals surface area contributed by atoms with Crippen LogP contribution in [0.5, 0.6) is 0 Å². The van der Waals surface area contributed by atoms with Crippen LogP contribution in [0.4, 0.5) is 11.5 Å². The van der Waals surface area contributed by atoms with Gasteiger partial charge in [-0.3, -0.25) is 4.79 Å². The zero-order valence-electron chi connectivity index (χ0n) is 7.27. The Morgan fingerprint density at radius 2 is 2.38 bits per heavy atom. The number of anilines is 2. The van der Waals surface area contributed by atoms with Gasteiger partial charge in [-0.1, -0.05) is 0 Å². The summed E-state index contributed by atoms with van der Waals surface area (Å²) in [7, 11) is 1.66. The van der Waals surface area contributed by atoms with Crippen molar-refractivity contribution in [3.63, 3.8) is 0 Å². The van der Waals surface area contributed by atoms with Gasteiger partial charge in [-0.15, -0.1) is 0 Å². The number of aliphatic carboxylic acids is 1. The van der Waals surface area contributed by atoms with Crippen LogP contribution in [0, 0.1) is 0 Å². The van der Waals surface area contributed by atoms with Crippen LogP contribution < -0.4 is 10.6 Å². The molecule has 0 aliphatic heterocycles. The van der Waals surface area contributed by atoms with E-state index in [4.69, 9.17) is 10.8 Å². The second-order valence-electron chi connectivity index (χ2n) is 2.70. The predicted octanol–water partition coefficient (Wildman–Crippen LogP) is 0.185. The van der Waals surface area contributed by atoms with E-state index in [0.29, 0.717) is 11.5 Å². The van der Waals surface area contributed by atoms with Gasteiger partial charge in [0.25, 0.3) is 0 Å². The Hall–Kier alpha value is -1.78. The Labute approximate surface area is 75.8 Å². The van der Waals surface area contributed by atoms with E-state index in [1.54, 1.807) is 19.2 Å². The van der Waals surface area contributed by atoms with Gasteiger partial charge in [0.05, 0.1) is 11.9 Å². The number of rotatable bonds is 3. The monoisotopic (exact) mass is 181 g/mol. The van der Waals surface area contributed by atoms with Crippen molar-refractivity contribution in [1.29, 1.82) is 0 Å². The Bertz CT molecular complexity index is 297. The zero-order chi connectivity index (χ0) is 9.84. The standard InChI is InChI=1S/C8H11N3O2/c1-11(5-8(12)13)7-3-2-6(9)4-10-7/h2-4H,5,9H2,1H3,(H,12,13). The first-order valence-corrected chi connectivity index (χ1v) is 3.74. The minimum absolute atomic E-state index is 0.0725. The number of nitrogens with zero attached hydrogens (tertiary/aromatic N) is 2. The number of carboxylic acids is 1. The predicted molar refractivity (Wildman–Crippen MR) is 49.6 cm³/mol. The second-order valence-corrected chi connectivity index (χ2v) is 2.70. The summed E-state index contributed by atoms with van der Waals surface area (Å²) in [5, 5.41) is 8.51. The number of carboxylic acid groups (broad SMARTS) is 1. The van der Waals surface area contributed by atoms with E-state index in [9.17, 15) is 4.79 Å². The third-order valence-corrected chi connectivity index (χ3v) is 1.53. The summed E-state index contributed by atoms with van der Waals surface area (Å²) in [6.07, 6.45) is 1.49. The molecule has 0 saturated carbocycles. The summed E-state index contributed by atoms with van der Waals surface area (Å²) in [6, 6.07) is 3.36. The van der Waals surface area contributed by atoms with E-state index in [0.717, 1.165) is 0 Å². The molecule has 0 spiro atoms. The lowest BCUT2D eigenvalue weighted by Gasteiger charge is -2.14. The Morgan fingerprint density at radius 3 is 2.85 bits per heavy atom. The van der Waals surface area contributed by atoms with Crippen LogP contribution in [0.15, 0.2) is 18.3 Å². The van der Waals surface area contributed by atoms with Crippen molar-refractivity contribution < 1.29 is 9.90 Å². The van der Waals surface area contributed by atoms with Gasteiger partial charge in [0, 0.05) is 7.05 Å². The first-order chi connectivity index (χ1) is 6.09. The fourth-order valence-electron chi connectivity index (χ4n) is 0.907. The molecule has 0 fully saturated rings. The molecule has 13 heavy (non-hydrogen) atoms. The van der Waals surface area contributed by atoms with Crippen molar-refractivity contribution in [2.24, 2.45) is 0 Å². The second kappa shape index (κ2) is 3.75. The van der Waals surface area contributed by atoms with Gasteiger partial charge in [-0.25, -0.2) is 4.98 Å². The van der Waals surface area contributed by atoms with Crippen molar-refractivity contribution in [1.82, 2.24) is 4.98 Å². The Kier molecular flexibility index (Phi) is 2.69. The Balaban J connectivity index is 2.71. The quantitative estimate of drug-likeness (QED) is 0.695. The van der Waals surface area contributed by atoms with Crippen LogP contribution in [-0.4, -0.2) is 29.7 Å². The van der Waals surface area contributed by atoms with Crippen LogP contribution in [0.25, 0.3) is 0 Å². The molecule has 0 atom stereocenters. The van der Waals surface area contributed by atoms with Crippen LogP contribution in [0.2, 0.25) is 0 Å². The van der Waals surface area contributed by atoms with Crippen LogP contribution in [0.1, 0.15) is 0 Å². The summed E-state index contributed by atoms with van der Waals surface area (Å²) < 4.78 is 0. The highest BCUT2D eigenvalue weighted by molar-refractivity contribution is 5.72. The summed E-state index contributed by atoms with van der Waals surface area (Å²) in [5.41, 5.74) is 5.99. The molecule has 0 amide bonds. The van der Waals surface area contributed by atoms with E-state index < -0.39 is 5.97 Å². The molecule has 0 unspecified atom stereocenters. The highest BCUT2D eigenvalue weighted by atomic mass is 16.4. The summed E-state index contributed by atoms with van der Waals surface area (Å²) in [6.45, 7) is -0.0725. The number of aromatic nitrogens is 1. The molecule has 0 aromatic carbocycles. The molecule has 5 nitrogen and oxygen atoms in total. The van der Waals surface area contributed by atoms with Crippen LogP contribution in [0.3, 0.4) is 0 Å². The molecule has 3 N–H and O–H groups in total. The smallest absolute Gasteiger partial charge is 0.323 e. The normalized spacial score (nSPS) is 9.62. The van der Waals surface area contributed by atoms with Crippen molar-refractivity contribution in [2.45, 2.75) is 0 Å². The largest absolute Gasteiger partial charge is 0.480 e. The van der Waals surface area contributed by atoms with E-state index >= 15 is 0 Å². The SMILES string of the molecule is CN(CC(=O)O)c1ccc(N)cn1. The van der Waals surface area contributed by atoms with Crippen molar-refractivity contribution in [2.75, 3.05) is 24.2 Å². The van der Waals surface area contributed by atoms with Crippen molar-refractivity contribution in [3.8, 4) is 0 Å². The van der Waals surface area contributed by atoms with Gasteiger partial charge in [0.15, 0.2) is 0 Å². The molecule has 0 radical (unpaired) electrons. The summed E-state index contributed by atoms with van der Waals surface area (Å²) in [4.78, 5) is 15.9. The molecule has 0 bridgehead atoms. The molecule has 1 heterocycles. The average molecular weight is 181 g/mol.